The monoisotopic (exact) mass is 198 g/mol. The van der Waals surface area contributed by atoms with E-state index in [-0.39, 0.29) is 5.91 Å². The van der Waals surface area contributed by atoms with E-state index in [1.54, 1.807) is 13.8 Å². The number of hydrogen-bond acceptors (Lipinski definition) is 2. The van der Waals surface area contributed by atoms with Crippen molar-refractivity contribution in [2.75, 3.05) is 6.54 Å². The molecule has 3 nitrogen and oxygen atoms in total. The van der Waals surface area contributed by atoms with Crippen LogP contribution in [0.5, 0.6) is 0 Å². The van der Waals surface area contributed by atoms with Crippen molar-refractivity contribution in [3.8, 4) is 0 Å². The molecule has 1 fully saturated rings. The van der Waals surface area contributed by atoms with Gasteiger partial charge in [-0.15, -0.1) is 0 Å². The Bertz CT molecular complexity index is 208. The molecule has 1 saturated heterocycles. The van der Waals surface area contributed by atoms with Gasteiger partial charge >= 0.3 is 0 Å². The van der Waals surface area contributed by atoms with Gasteiger partial charge in [-0.2, -0.15) is 0 Å². The molecule has 0 unspecified atom stereocenters. The SMILES string of the molecule is CC[C@H]1CCCCN1C(=O)C(C)(C)N. The zero-order valence-corrected chi connectivity index (χ0v) is 9.55. The summed E-state index contributed by atoms with van der Waals surface area (Å²) in [5.74, 6) is 0.101. The van der Waals surface area contributed by atoms with Crippen LogP contribution in [0, 0.1) is 0 Å². The van der Waals surface area contributed by atoms with Crippen LogP contribution in [0.3, 0.4) is 0 Å². The number of hydrogen-bond donors (Lipinski definition) is 1. The van der Waals surface area contributed by atoms with Gasteiger partial charge in [0.25, 0.3) is 0 Å². The van der Waals surface area contributed by atoms with Gasteiger partial charge in [0.1, 0.15) is 0 Å². The Morgan fingerprint density at radius 1 is 1.50 bits per heavy atom. The van der Waals surface area contributed by atoms with Gasteiger partial charge in [-0.1, -0.05) is 6.92 Å². The number of piperidine rings is 1. The third-order valence-corrected chi connectivity index (χ3v) is 2.91. The topological polar surface area (TPSA) is 46.3 Å². The van der Waals surface area contributed by atoms with E-state index in [0.717, 1.165) is 25.8 Å². The van der Waals surface area contributed by atoms with Crippen molar-refractivity contribution in [2.45, 2.75) is 58.0 Å². The van der Waals surface area contributed by atoms with Gasteiger partial charge in [-0.25, -0.2) is 0 Å². The van der Waals surface area contributed by atoms with Gasteiger partial charge in [-0.05, 0) is 39.5 Å². The van der Waals surface area contributed by atoms with Crippen LogP contribution in [-0.4, -0.2) is 28.9 Å². The molecular weight excluding hydrogens is 176 g/mol. The molecule has 1 amide bonds. The number of amides is 1. The molecule has 1 aliphatic rings. The highest BCUT2D eigenvalue weighted by molar-refractivity contribution is 5.85. The third kappa shape index (κ3) is 2.47. The number of likely N-dealkylation sites (tertiary alicyclic amines) is 1. The number of rotatable bonds is 2. The summed E-state index contributed by atoms with van der Waals surface area (Å²) in [6.07, 6.45) is 4.55. The highest BCUT2D eigenvalue weighted by Crippen LogP contribution is 2.21. The fraction of sp³-hybridized carbons (Fsp3) is 0.909. The van der Waals surface area contributed by atoms with Gasteiger partial charge in [0, 0.05) is 12.6 Å². The molecule has 14 heavy (non-hydrogen) atoms. The van der Waals surface area contributed by atoms with Crippen LogP contribution in [0.15, 0.2) is 0 Å². The molecule has 1 rings (SSSR count). The first-order valence-electron chi connectivity index (χ1n) is 5.56. The van der Waals surface area contributed by atoms with E-state index in [2.05, 4.69) is 6.92 Å². The second-order valence-electron chi connectivity index (χ2n) is 4.78. The van der Waals surface area contributed by atoms with E-state index < -0.39 is 5.54 Å². The standard InChI is InChI=1S/C11H22N2O/c1-4-9-7-5-6-8-13(9)10(14)11(2,3)12/h9H,4-8,12H2,1-3H3/t9-/m0/s1. The van der Waals surface area contributed by atoms with Crippen LogP contribution in [-0.2, 0) is 4.79 Å². The van der Waals surface area contributed by atoms with Crippen molar-refractivity contribution in [2.24, 2.45) is 5.73 Å². The molecule has 0 aromatic heterocycles. The van der Waals surface area contributed by atoms with Crippen molar-refractivity contribution < 1.29 is 4.79 Å². The molecule has 0 aromatic carbocycles. The van der Waals surface area contributed by atoms with E-state index in [0.29, 0.717) is 6.04 Å². The zero-order valence-electron chi connectivity index (χ0n) is 9.55. The molecule has 0 saturated carbocycles. The summed E-state index contributed by atoms with van der Waals surface area (Å²) in [5, 5.41) is 0. The number of carbonyl (C=O) groups excluding carboxylic acids is 1. The summed E-state index contributed by atoms with van der Waals surface area (Å²) in [6.45, 7) is 6.60. The molecule has 0 radical (unpaired) electrons. The Morgan fingerprint density at radius 2 is 2.14 bits per heavy atom. The van der Waals surface area contributed by atoms with Gasteiger partial charge in [-0.3, -0.25) is 4.79 Å². The molecule has 0 aliphatic carbocycles. The van der Waals surface area contributed by atoms with Crippen molar-refractivity contribution in [1.82, 2.24) is 4.90 Å². The number of nitrogens with two attached hydrogens (primary N) is 1. The molecule has 3 heteroatoms. The van der Waals surface area contributed by atoms with Gasteiger partial charge in [0.2, 0.25) is 5.91 Å². The lowest BCUT2D eigenvalue weighted by atomic mass is 9.96. The maximum atomic E-state index is 12.0. The molecule has 0 spiro atoms. The predicted octanol–water partition coefficient (Wildman–Crippen LogP) is 1.51. The molecule has 2 N–H and O–H groups in total. The molecule has 0 aromatic rings. The lowest BCUT2D eigenvalue weighted by Gasteiger charge is -2.38. The third-order valence-electron chi connectivity index (χ3n) is 2.91. The average molecular weight is 198 g/mol. The van der Waals surface area contributed by atoms with Gasteiger partial charge < -0.3 is 10.6 Å². The fourth-order valence-electron chi connectivity index (χ4n) is 2.06. The fourth-order valence-corrected chi connectivity index (χ4v) is 2.06. The summed E-state index contributed by atoms with van der Waals surface area (Å²) in [6, 6.07) is 0.416. The quantitative estimate of drug-likeness (QED) is 0.731. The van der Waals surface area contributed by atoms with E-state index in [1.165, 1.54) is 6.42 Å². The molecule has 0 bridgehead atoms. The van der Waals surface area contributed by atoms with Crippen LogP contribution in [0.2, 0.25) is 0 Å². The van der Waals surface area contributed by atoms with E-state index in [1.807, 2.05) is 4.90 Å². The lowest BCUT2D eigenvalue weighted by Crippen LogP contribution is -2.55. The Hall–Kier alpha value is -0.570. The normalized spacial score (nSPS) is 23.7. The first kappa shape index (κ1) is 11.5. The van der Waals surface area contributed by atoms with Crippen LogP contribution in [0.25, 0.3) is 0 Å². The van der Waals surface area contributed by atoms with E-state index >= 15 is 0 Å². The minimum atomic E-state index is -0.718. The highest BCUT2D eigenvalue weighted by Gasteiger charge is 2.32. The minimum Gasteiger partial charge on any atom is -0.338 e. The van der Waals surface area contributed by atoms with Crippen molar-refractivity contribution in [3.63, 3.8) is 0 Å². The summed E-state index contributed by atoms with van der Waals surface area (Å²) < 4.78 is 0. The van der Waals surface area contributed by atoms with Crippen molar-refractivity contribution >= 4 is 5.91 Å². The Labute approximate surface area is 86.6 Å². The van der Waals surface area contributed by atoms with E-state index in [4.69, 9.17) is 5.73 Å². The predicted molar refractivity (Wildman–Crippen MR) is 57.9 cm³/mol. The summed E-state index contributed by atoms with van der Waals surface area (Å²) in [4.78, 5) is 14.0. The average Bonchev–Trinajstić information content (AvgIpc) is 2.15. The number of nitrogens with zero attached hydrogens (tertiary/aromatic N) is 1. The maximum Gasteiger partial charge on any atom is 0.242 e. The first-order valence-corrected chi connectivity index (χ1v) is 5.56. The first-order chi connectivity index (χ1) is 6.46. The minimum absolute atomic E-state index is 0.101. The second kappa shape index (κ2) is 4.30. The van der Waals surface area contributed by atoms with Crippen LogP contribution in [0.1, 0.15) is 46.5 Å². The molecular formula is C11H22N2O. The second-order valence-corrected chi connectivity index (χ2v) is 4.78. The summed E-state index contributed by atoms with van der Waals surface area (Å²) in [7, 11) is 0. The summed E-state index contributed by atoms with van der Waals surface area (Å²) >= 11 is 0. The van der Waals surface area contributed by atoms with Crippen molar-refractivity contribution in [3.05, 3.63) is 0 Å². The smallest absolute Gasteiger partial charge is 0.242 e. The Balaban J connectivity index is 2.69. The largest absolute Gasteiger partial charge is 0.338 e. The maximum absolute atomic E-state index is 12.0. The molecule has 1 atom stereocenters. The molecule has 1 heterocycles. The highest BCUT2D eigenvalue weighted by atomic mass is 16.2. The zero-order chi connectivity index (χ0) is 10.8. The van der Waals surface area contributed by atoms with Gasteiger partial charge in [0.05, 0.1) is 5.54 Å². The summed E-state index contributed by atoms with van der Waals surface area (Å²) in [5.41, 5.74) is 5.12. The Kier molecular flexibility index (Phi) is 3.53. The van der Waals surface area contributed by atoms with Crippen LogP contribution < -0.4 is 5.73 Å². The lowest BCUT2D eigenvalue weighted by molar-refractivity contribution is -0.139. The Morgan fingerprint density at radius 3 is 2.64 bits per heavy atom. The van der Waals surface area contributed by atoms with E-state index in [9.17, 15) is 4.79 Å². The van der Waals surface area contributed by atoms with Gasteiger partial charge in [0.15, 0.2) is 0 Å². The molecule has 82 valence electrons. The number of carbonyl (C=O) groups is 1. The molecule has 1 aliphatic heterocycles. The van der Waals surface area contributed by atoms with Crippen LogP contribution >= 0.6 is 0 Å². The van der Waals surface area contributed by atoms with Crippen molar-refractivity contribution in [1.29, 1.82) is 0 Å². The van der Waals surface area contributed by atoms with Crippen LogP contribution in [0.4, 0.5) is 0 Å².